The molecule has 0 aliphatic carbocycles. The van der Waals surface area contributed by atoms with Gasteiger partial charge in [-0.3, -0.25) is 14.5 Å². The Balaban J connectivity index is 1.84. The summed E-state index contributed by atoms with van der Waals surface area (Å²) in [6, 6.07) is 11.6. The van der Waals surface area contributed by atoms with Crippen molar-refractivity contribution >= 4 is 22.5 Å². The van der Waals surface area contributed by atoms with E-state index in [2.05, 4.69) is 15.4 Å². The maximum absolute atomic E-state index is 12.3. The molecule has 0 saturated heterocycles. The molecule has 2 aromatic heterocycles. The van der Waals surface area contributed by atoms with Gasteiger partial charge in [-0.25, -0.2) is 0 Å². The Morgan fingerprint density at radius 2 is 1.95 bits per heavy atom. The fourth-order valence-electron chi connectivity index (χ4n) is 2.53. The number of hydrogen-bond acceptors (Lipinski definition) is 3. The zero-order valence-corrected chi connectivity index (χ0v) is 12.9. The van der Waals surface area contributed by atoms with Gasteiger partial charge in [0.1, 0.15) is 6.54 Å². The standard InChI is InChI=1S/C17H18N4O/c1-11-7-8-14-15(18-11)5-4-6-16(14)19-17(22)10-21-13(3)9-12(2)20-21/h4-9H,10H2,1-3H3,(H,19,22). The highest BCUT2D eigenvalue weighted by atomic mass is 16.2. The number of carbonyl (C=O) groups is 1. The summed E-state index contributed by atoms with van der Waals surface area (Å²) in [7, 11) is 0. The second-order valence-corrected chi connectivity index (χ2v) is 5.46. The lowest BCUT2D eigenvalue weighted by atomic mass is 10.1. The van der Waals surface area contributed by atoms with Crippen molar-refractivity contribution in [2.24, 2.45) is 0 Å². The predicted molar refractivity (Wildman–Crippen MR) is 86.8 cm³/mol. The molecular formula is C17H18N4O. The van der Waals surface area contributed by atoms with Crippen molar-refractivity contribution in [3.8, 4) is 0 Å². The van der Waals surface area contributed by atoms with Crippen LogP contribution in [-0.2, 0) is 11.3 Å². The lowest BCUT2D eigenvalue weighted by Crippen LogP contribution is -2.20. The Kier molecular flexibility index (Phi) is 3.63. The molecule has 5 heteroatoms. The number of hydrogen-bond donors (Lipinski definition) is 1. The Morgan fingerprint density at radius 1 is 1.14 bits per heavy atom. The van der Waals surface area contributed by atoms with E-state index in [0.717, 1.165) is 33.7 Å². The van der Waals surface area contributed by atoms with Gasteiger partial charge in [-0.15, -0.1) is 0 Å². The lowest BCUT2D eigenvalue weighted by molar-refractivity contribution is -0.116. The van der Waals surface area contributed by atoms with Gasteiger partial charge in [-0.05, 0) is 51.1 Å². The third kappa shape index (κ3) is 2.83. The Hall–Kier alpha value is -2.69. The largest absolute Gasteiger partial charge is 0.324 e. The summed E-state index contributed by atoms with van der Waals surface area (Å²) in [5, 5.41) is 8.20. The molecule has 0 radical (unpaired) electrons. The minimum atomic E-state index is -0.0979. The molecular weight excluding hydrogens is 276 g/mol. The first kappa shape index (κ1) is 14.3. The highest BCUT2D eigenvalue weighted by molar-refractivity contribution is 6.00. The molecule has 3 rings (SSSR count). The van der Waals surface area contributed by atoms with E-state index in [0.29, 0.717) is 0 Å². The Labute approximate surface area is 129 Å². The van der Waals surface area contributed by atoms with Gasteiger partial charge < -0.3 is 5.32 Å². The predicted octanol–water partition coefficient (Wildman–Crippen LogP) is 3.00. The van der Waals surface area contributed by atoms with Gasteiger partial charge >= 0.3 is 0 Å². The molecule has 1 N–H and O–H groups in total. The third-order valence-corrected chi connectivity index (χ3v) is 3.54. The van der Waals surface area contributed by atoms with Gasteiger partial charge in [-0.1, -0.05) is 6.07 Å². The normalized spacial score (nSPS) is 10.9. The molecule has 0 unspecified atom stereocenters. The number of nitrogens with one attached hydrogen (secondary N) is 1. The molecule has 112 valence electrons. The fourth-order valence-corrected chi connectivity index (χ4v) is 2.53. The molecule has 2 heterocycles. The van der Waals surface area contributed by atoms with Crippen molar-refractivity contribution in [2.45, 2.75) is 27.3 Å². The average Bonchev–Trinajstić information content (AvgIpc) is 2.76. The molecule has 0 bridgehead atoms. The topological polar surface area (TPSA) is 59.8 Å². The summed E-state index contributed by atoms with van der Waals surface area (Å²) >= 11 is 0. The number of aromatic nitrogens is 3. The number of pyridine rings is 1. The Morgan fingerprint density at radius 3 is 2.68 bits per heavy atom. The quantitative estimate of drug-likeness (QED) is 0.808. The van der Waals surface area contributed by atoms with E-state index in [1.165, 1.54) is 0 Å². The fraction of sp³-hybridized carbons (Fsp3) is 0.235. The zero-order valence-electron chi connectivity index (χ0n) is 12.9. The van der Waals surface area contributed by atoms with Gasteiger partial charge in [0, 0.05) is 16.8 Å². The molecule has 1 amide bonds. The number of rotatable bonds is 3. The summed E-state index contributed by atoms with van der Waals surface area (Å²) in [4.78, 5) is 16.7. The highest BCUT2D eigenvalue weighted by Crippen LogP contribution is 2.22. The van der Waals surface area contributed by atoms with Crippen LogP contribution in [0.25, 0.3) is 10.9 Å². The van der Waals surface area contributed by atoms with Crippen molar-refractivity contribution in [1.29, 1.82) is 0 Å². The van der Waals surface area contributed by atoms with Crippen LogP contribution >= 0.6 is 0 Å². The highest BCUT2D eigenvalue weighted by Gasteiger charge is 2.09. The van der Waals surface area contributed by atoms with Crippen LogP contribution in [0.2, 0.25) is 0 Å². The van der Waals surface area contributed by atoms with E-state index in [4.69, 9.17) is 0 Å². The van der Waals surface area contributed by atoms with Gasteiger partial charge in [0.15, 0.2) is 0 Å². The molecule has 0 fully saturated rings. The first-order valence-electron chi connectivity index (χ1n) is 7.20. The number of carbonyl (C=O) groups excluding carboxylic acids is 1. The molecule has 5 nitrogen and oxygen atoms in total. The summed E-state index contributed by atoms with van der Waals surface area (Å²) in [5.41, 5.74) is 4.50. The number of fused-ring (bicyclic) bond motifs is 1. The number of benzene rings is 1. The van der Waals surface area contributed by atoms with E-state index < -0.39 is 0 Å². The molecule has 3 aromatic rings. The van der Waals surface area contributed by atoms with E-state index in [9.17, 15) is 4.79 Å². The second-order valence-electron chi connectivity index (χ2n) is 5.46. The lowest BCUT2D eigenvalue weighted by Gasteiger charge is -2.09. The van der Waals surface area contributed by atoms with Gasteiger partial charge in [0.2, 0.25) is 5.91 Å². The molecule has 0 aliphatic rings. The van der Waals surface area contributed by atoms with Gasteiger partial charge in [-0.2, -0.15) is 5.10 Å². The first-order valence-corrected chi connectivity index (χ1v) is 7.20. The van der Waals surface area contributed by atoms with Crippen molar-refractivity contribution in [2.75, 3.05) is 5.32 Å². The van der Waals surface area contributed by atoms with E-state index in [1.54, 1.807) is 4.68 Å². The van der Waals surface area contributed by atoms with Crippen molar-refractivity contribution in [1.82, 2.24) is 14.8 Å². The number of amides is 1. The second kappa shape index (κ2) is 5.60. The van der Waals surface area contributed by atoms with Crippen LogP contribution in [0.1, 0.15) is 17.1 Å². The minimum absolute atomic E-state index is 0.0979. The molecule has 0 spiro atoms. The number of anilines is 1. The van der Waals surface area contributed by atoms with Crippen LogP contribution in [0.5, 0.6) is 0 Å². The maximum Gasteiger partial charge on any atom is 0.246 e. The summed E-state index contributed by atoms with van der Waals surface area (Å²) in [6.07, 6.45) is 0. The van der Waals surface area contributed by atoms with Crippen LogP contribution in [0, 0.1) is 20.8 Å². The number of aryl methyl sites for hydroxylation is 3. The van der Waals surface area contributed by atoms with E-state index in [-0.39, 0.29) is 12.5 Å². The molecule has 0 atom stereocenters. The van der Waals surface area contributed by atoms with E-state index in [1.807, 2.05) is 57.2 Å². The van der Waals surface area contributed by atoms with Crippen LogP contribution in [0.3, 0.4) is 0 Å². The molecule has 22 heavy (non-hydrogen) atoms. The van der Waals surface area contributed by atoms with Gasteiger partial charge in [0.25, 0.3) is 0 Å². The molecule has 0 aliphatic heterocycles. The molecule has 0 saturated carbocycles. The van der Waals surface area contributed by atoms with Crippen LogP contribution in [0.15, 0.2) is 36.4 Å². The average molecular weight is 294 g/mol. The van der Waals surface area contributed by atoms with Crippen LogP contribution in [0.4, 0.5) is 5.69 Å². The third-order valence-electron chi connectivity index (χ3n) is 3.54. The van der Waals surface area contributed by atoms with E-state index >= 15 is 0 Å². The van der Waals surface area contributed by atoms with Crippen LogP contribution in [-0.4, -0.2) is 20.7 Å². The van der Waals surface area contributed by atoms with Gasteiger partial charge in [0.05, 0.1) is 16.9 Å². The summed E-state index contributed by atoms with van der Waals surface area (Å²) < 4.78 is 1.71. The summed E-state index contributed by atoms with van der Waals surface area (Å²) in [6.45, 7) is 6.01. The van der Waals surface area contributed by atoms with Crippen LogP contribution < -0.4 is 5.32 Å². The SMILES string of the molecule is Cc1ccc2c(NC(=O)Cn3nc(C)cc3C)cccc2n1. The minimum Gasteiger partial charge on any atom is -0.324 e. The smallest absolute Gasteiger partial charge is 0.246 e. The first-order chi connectivity index (χ1) is 10.5. The van der Waals surface area contributed by atoms with Crippen molar-refractivity contribution in [3.63, 3.8) is 0 Å². The number of nitrogens with zero attached hydrogens (tertiary/aromatic N) is 3. The van der Waals surface area contributed by atoms with Crippen molar-refractivity contribution < 1.29 is 4.79 Å². The monoisotopic (exact) mass is 294 g/mol. The maximum atomic E-state index is 12.3. The molecule has 1 aromatic carbocycles. The summed E-state index contributed by atoms with van der Waals surface area (Å²) in [5.74, 6) is -0.0979. The zero-order chi connectivity index (χ0) is 15.7. The van der Waals surface area contributed by atoms with Crippen molar-refractivity contribution in [3.05, 3.63) is 53.5 Å². The Bertz CT molecular complexity index is 851.